The summed E-state index contributed by atoms with van der Waals surface area (Å²) in [7, 11) is 0. The molecule has 1 amide bonds. The van der Waals surface area contributed by atoms with Gasteiger partial charge in [0, 0.05) is 12.2 Å². The highest BCUT2D eigenvalue weighted by Gasteiger charge is 2.41. The number of benzene rings is 1. The molecule has 1 atom stereocenters. The van der Waals surface area contributed by atoms with Crippen LogP contribution in [-0.2, 0) is 4.79 Å². The van der Waals surface area contributed by atoms with Gasteiger partial charge in [-0.05, 0) is 32.4 Å². The fourth-order valence-corrected chi connectivity index (χ4v) is 2.40. The van der Waals surface area contributed by atoms with Crippen molar-refractivity contribution in [3.8, 4) is 0 Å². The van der Waals surface area contributed by atoms with Gasteiger partial charge in [-0.15, -0.1) is 0 Å². The second-order valence-electron chi connectivity index (χ2n) is 5.39. The average Bonchev–Trinajstić information content (AvgIpc) is 2.31. The van der Waals surface area contributed by atoms with E-state index in [-0.39, 0.29) is 18.1 Å². The molecular weight excluding hydrogens is 228 g/mol. The molecule has 1 aromatic rings. The van der Waals surface area contributed by atoms with Gasteiger partial charge >= 0.3 is 0 Å². The molecular formula is C14H20N2O2. The highest BCUT2D eigenvalue weighted by molar-refractivity contribution is 6.00. The van der Waals surface area contributed by atoms with Crippen LogP contribution in [0.4, 0.5) is 5.69 Å². The van der Waals surface area contributed by atoms with Crippen LogP contribution in [0.1, 0.15) is 19.4 Å². The summed E-state index contributed by atoms with van der Waals surface area (Å²) in [4.78, 5) is 14.2. The van der Waals surface area contributed by atoms with Gasteiger partial charge in [-0.1, -0.05) is 18.2 Å². The molecule has 1 aromatic carbocycles. The Morgan fingerprint density at radius 1 is 1.44 bits per heavy atom. The lowest BCUT2D eigenvalue weighted by atomic mass is 9.95. The molecule has 2 rings (SSSR count). The van der Waals surface area contributed by atoms with Crippen LogP contribution in [0, 0.1) is 6.92 Å². The third kappa shape index (κ3) is 2.13. The molecule has 0 radical (unpaired) electrons. The first kappa shape index (κ1) is 13.1. The lowest BCUT2D eigenvalue weighted by Crippen LogP contribution is -2.66. The van der Waals surface area contributed by atoms with Crippen LogP contribution in [0.25, 0.3) is 0 Å². The number of rotatable bonds is 2. The van der Waals surface area contributed by atoms with Crippen molar-refractivity contribution in [2.24, 2.45) is 0 Å². The first-order valence-corrected chi connectivity index (χ1v) is 6.21. The number of anilines is 1. The van der Waals surface area contributed by atoms with Gasteiger partial charge in [0.15, 0.2) is 0 Å². The second-order valence-corrected chi connectivity index (χ2v) is 5.39. The summed E-state index contributed by atoms with van der Waals surface area (Å²) in [5.41, 5.74) is 1.69. The highest BCUT2D eigenvalue weighted by atomic mass is 16.3. The van der Waals surface area contributed by atoms with E-state index in [0.29, 0.717) is 6.54 Å². The van der Waals surface area contributed by atoms with Crippen LogP contribution in [0.15, 0.2) is 24.3 Å². The predicted octanol–water partition coefficient (Wildman–Crippen LogP) is 1.07. The van der Waals surface area contributed by atoms with E-state index >= 15 is 0 Å². The van der Waals surface area contributed by atoms with Crippen LogP contribution in [0.2, 0.25) is 0 Å². The van der Waals surface area contributed by atoms with Crippen LogP contribution >= 0.6 is 0 Å². The summed E-state index contributed by atoms with van der Waals surface area (Å²) in [5.74, 6) is -0.0666. The summed E-state index contributed by atoms with van der Waals surface area (Å²) in [6.45, 7) is 6.54. The topological polar surface area (TPSA) is 52.6 Å². The minimum Gasteiger partial charge on any atom is -0.394 e. The molecule has 0 bridgehead atoms. The quantitative estimate of drug-likeness (QED) is 0.823. The summed E-state index contributed by atoms with van der Waals surface area (Å²) in [5, 5.41) is 12.3. The molecule has 0 saturated carbocycles. The van der Waals surface area contributed by atoms with E-state index in [0.717, 1.165) is 11.3 Å². The van der Waals surface area contributed by atoms with Crippen LogP contribution in [0.5, 0.6) is 0 Å². The van der Waals surface area contributed by atoms with Crippen molar-refractivity contribution in [2.75, 3.05) is 18.1 Å². The Kier molecular flexibility index (Phi) is 3.41. The number of carbonyl (C=O) groups excluding carboxylic acids is 1. The van der Waals surface area contributed by atoms with Crippen molar-refractivity contribution < 1.29 is 9.90 Å². The third-order valence-corrected chi connectivity index (χ3v) is 3.44. The highest BCUT2D eigenvalue weighted by Crippen LogP contribution is 2.29. The third-order valence-electron chi connectivity index (χ3n) is 3.44. The number of para-hydroxylation sites is 1. The fraction of sp³-hybridized carbons (Fsp3) is 0.500. The summed E-state index contributed by atoms with van der Waals surface area (Å²) in [6, 6.07) is 7.34. The Morgan fingerprint density at radius 3 is 2.72 bits per heavy atom. The summed E-state index contributed by atoms with van der Waals surface area (Å²) < 4.78 is 0. The van der Waals surface area contributed by atoms with Gasteiger partial charge in [-0.25, -0.2) is 0 Å². The second kappa shape index (κ2) is 4.71. The molecule has 1 aliphatic heterocycles. The molecule has 1 saturated heterocycles. The minimum atomic E-state index is -0.502. The predicted molar refractivity (Wildman–Crippen MR) is 71.6 cm³/mol. The van der Waals surface area contributed by atoms with Gasteiger partial charge in [0.1, 0.15) is 6.04 Å². The zero-order valence-corrected chi connectivity index (χ0v) is 11.1. The van der Waals surface area contributed by atoms with Gasteiger partial charge in [0.05, 0.1) is 12.1 Å². The maximum atomic E-state index is 12.4. The molecule has 1 aliphatic rings. The van der Waals surface area contributed by atoms with Gasteiger partial charge in [-0.2, -0.15) is 0 Å². The van der Waals surface area contributed by atoms with Crippen molar-refractivity contribution in [3.63, 3.8) is 0 Å². The number of nitrogens with one attached hydrogen (secondary N) is 1. The summed E-state index contributed by atoms with van der Waals surface area (Å²) >= 11 is 0. The standard InChI is InChI=1S/C14H20N2O2/c1-10-6-4-5-7-12(10)16-13(18)11(8-17)15-9-14(16,2)3/h4-7,11,15,17H,8-9H2,1-3H3. The largest absolute Gasteiger partial charge is 0.394 e. The Morgan fingerprint density at radius 2 is 2.11 bits per heavy atom. The van der Waals surface area contributed by atoms with Crippen molar-refractivity contribution in [3.05, 3.63) is 29.8 Å². The molecule has 1 heterocycles. The van der Waals surface area contributed by atoms with E-state index in [1.807, 2.05) is 45.0 Å². The molecule has 1 fully saturated rings. The molecule has 0 aromatic heterocycles. The molecule has 18 heavy (non-hydrogen) atoms. The number of hydrogen-bond donors (Lipinski definition) is 2. The van der Waals surface area contributed by atoms with Gasteiger partial charge in [0.25, 0.3) is 0 Å². The molecule has 1 unspecified atom stereocenters. The number of nitrogens with zero attached hydrogens (tertiary/aromatic N) is 1. The van der Waals surface area contributed by atoms with E-state index in [1.165, 1.54) is 0 Å². The molecule has 4 nitrogen and oxygen atoms in total. The number of carbonyl (C=O) groups is 1. The Bertz CT molecular complexity index is 457. The summed E-state index contributed by atoms with van der Waals surface area (Å²) in [6.07, 6.45) is 0. The van der Waals surface area contributed by atoms with Crippen molar-refractivity contribution in [2.45, 2.75) is 32.4 Å². The van der Waals surface area contributed by atoms with Crippen LogP contribution in [-0.4, -0.2) is 35.7 Å². The van der Waals surface area contributed by atoms with Crippen molar-refractivity contribution in [1.29, 1.82) is 0 Å². The molecule has 0 spiro atoms. The van der Waals surface area contributed by atoms with Gasteiger partial charge < -0.3 is 15.3 Å². The molecule has 98 valence electrons. The maximum Gasteiger partial charge on any atom is 0.247 e. The van der Waals surface area contributed by atoms with Crippen molar-refractivity contribution in [1.82, 2.24) is 5.32 Å². The lowest BCUT2D eigenvalue weighted by molar-refractivity contribution is -0.124. The normalized spacial score (nSPS) is 23.2. The molecule has 4 heteroatoms. The zero-order valence-electron chi connectivity index (χ0n) is 11.1. The number of aliphatic hydroxyl groups excluding tert-OH is 1. The number of hydrogen-bond acceptors (Lipinski definition) is 3. The van der Waals surface area contributed by atoms with E-state index in [2.05, 4.69) is 5.32 Å². The number of aliphatic hydroxyl groups is 1. The van der Waals surface area contributed by atoms with E-state index in [4.69, 9.17) is 0 Å². The van der Waals surface area contributed by atoms with E-state index in [9.17, 15) is 9.90 Å². The zero-order chi connectivity index (χ0) is 13.3. The van der Waals surface area contributed by atoms with E-state index in [1.54, 1.807) is 4.90 Å². The molecule has 2 N–H and O–H groups in total. The first-order valence-electron chi connectivity index (χ1n) is 6.21. The number of aryl methyl sites for hydroxylation is 1. The van der Waals surface area contributed by atoms with Crippen LogP contribution in [0.3, 0.4) is 0 Å². The van der Waals surface area contributed by atoms with Crippen molar-refractivity contribution >= 4 is 11.6 Å². The van der Waals surface area contributed by atoms with Gasteiger partial charge in [0.2, 0.25) is 5.91 Å². The SMILES string of the molecule is Cc1ccccc1N1C(=O)C(CO)NCC1(C)C. The first-order chi connectivity index (χ1) is 8.47. The smallest absolute Gasteiger partial charge is 0.247 e. The Hall–Kier alpha value is -1.39. The average molecular weight is 248 g/mol. The minimum absolute atomic E-state index is 0.0666. The monoisotopic (exact) mass is 248 g/mol. The Balaban J connectivity index is 2.44. The van der Waals surface area contributed by atoms with Gasteiger partial charge in [-0.3, -0.25) is 4.79 Å². The number of piperazine rings is 1. The fourth-order valence-electron chi connectivity index (χ4n) is 2.40. The molecule has 0 aliphatic carbocycles. The van der Waals surface area contributed by atoms with E-state index < -0.39 is 6.04 Å². The Labute approximate surface area is 108 Å². The lowest BCUT2D eigenvalue weighted by Gasteiger charge is -2.45. The maximum absolute atomic E-state index is 12.4. The number of amides is 1. The van der Waals surface area contributed by atoms with Crippen LogP contribution < -0.4 is 10.2 Å².